The van der Waals surface area contributed by atoms with Crippen LogP contribution in [0.4, 0.5) is 0 Å². The normalized spacial score (nSPS) is 13.7. The SMILES string of the molecule is CC(C)(C)[Si](OC(=O)[C@H](Cc1ccccc1)NC(=O)[C@@H](CC(=O)[C@H](Cc1ccccc1)NC(=O)CCC(=O)OCC1c2ccccc2-c2ccccc21)Cc1ccccc1)(c1ccccc1)C(C)(C)C. The fraction of sp³-hybridized carbons (Fsp3) is 0.317. The molecule has 1 aliphatic carbocycles. The van der Waals surface area contributed by atoms with Crippen LogP contribution in [0.3, 0.4) is 0 Å². The quantitative estimate of drug-likeness (QED) is 0.0576. The van der Waals surface area contributed by atoms with Gasteiger partial charge in [-0.1, -0.05) is 211 Å². The van der Waals surface area contributed by atoms with E-state index in [0.29, 0.717) is 0 Å². The number of benzene rings is 6. The van der Waals surface area contributed by atoms with Crippen LogP contribution in [0.25, 0.3) is 11.1 Å². The van der Waals surface area contributed by atoms with Gasteiger partial charge < -0.3 is 19.8 Å². The summed E-state index contributed by atoms with van der Waals surface area (Å²) in [5.41, 5.74) is 6.91. The Labute approximate surface area is 414 Å². The van der Waals surface area contributed by atoms with Crippen molar-refractivity contribution in [2.45, 2.75) is 108 Å². The summed E-state index contributed by atoms with van der Waals surface area (Å²) in [7, 11) is -3.23. The van der Waals surface area contributed by atoms with Gasteiger partial charge in [-0.3, -0.25) is 24.0 Å². The zero-order valence-corrected chi connectivity index (χ0v) is 42.3. The van der Waals surface area contributed by atoms with Crippen LogP contribution in [0, 0.1) is 5.92 Å². The number of esters is 1. The van der Waals surface area contributed by atoms with E-state index in [1.807, 2.05) is 146 Å². The monoisotopic (exact) mass is 954 g/mol. The first-order valence-corrected chi connectivity index (χ1v) is 26.3. The van der Waals surface area contributed by atoms with Gasteiger partial charge in [0.25, 0.3) is 8.32 Å². The summed E-state index contributed by atoms with van der Waals surface area (Å²) in [6.45, 7) is 12.8. The molecule has 6 aromatic rings. The average Bonchev–Trinajstić information content (AvgIpc) is 3.67. The molecule has 3 atom stereocenters. The van der Waals surface area contributed by atoms with E-state index < -0.39 is 60.1 Å². The molecule has 0 spiro atoms. The number of rotatable bonds is 20. The number of Topliss-reactive ketones (excluding diaryl/α,β-unsaturated/α-hetero) is 1. The van der Waals surface area contributed by atoms with E-state index in [-0.39, 0.29) is 56.8 Å². The van der Waals surface area contributed by atoms with Crippen LogP contribution in [0.1, 0.15) is 94.5 Å². The van der Waals surface area contributed by atoms with E-state index in [1.165, 1.54) is 0 Å². The molecule has 6 aromatic carbocycles. The number of ether oxygens (including phenoxy) is 1. The lowest BCUT2D eigenvalue weighted by atomic mass is 9.89. The van der Waals surface area contributed by atoms with Gasteiger partial charge in [0.2, 0.25) is 11.8 Å². The third-order valence-corrected chi connectivity index (χ3v) is 19.4. The van der Waals surface area contributed by atoms with E-state index in [2.05, 4.69) is 76.4 Å². The summed E-state index contributed by atoms with van der Waals surface area (Å²) in [5, 5.41) is 6.09. The Bertz CT molecular complexity index is 2670. The topological polar surface area (TPSA) is 128 Å². The predicted molar refractivity (Wildman–Crippen MR) is 279 cm³/mol. The van der Waals surface area contributed by atoms with Gasteiger partial charge in [-0.25, -0.2) is 0 Å². The molecule has 0 aliphatic heterocycles. The van der Waals surface area contributed by atoms with Crippen molar-refractivity contribution in [3.63, 3.8) is 0 Å². The van der Waals surface area contributed by atoms with Crippen molar-refractivity contribution in [1.82, 2.24) is 10.6 Å². The molecule has 9 nitrogen and oxygen atoms in total. The second kappa shape index (κ2) is 22.7. The van der Waals surface area contributed by atoms with Gasteiger partial charge in [-0.15, -0.1) is 0 Å². The molecule has 0 saturated heterocycles. The molecule has 0 heterocycles. The molecular weight excluding hydrogens is 889 g/mol. The molecule has 0 aromatic heterocycles. The lowest BCUT2D eigenvalue weighted by molar-refractivity contribution is -0.145. The van der Waals surface area contributed by atoms with Crippen LogP contribution < -0.4 is 15.8 Å². The Balaban J connectivity index is 1.09. The van der Waals surface area contributed by atoms with Gasteiger partial charge in [0.1, 0.15) is 12.6 Å². The number of amides is 2. The number of hydrogen-bond donors (Lipinski definition) is 2. The Morgan fingerprint density at radius 3 is 1.47 bits per heavy atom. The van der Waals surface area contributed by atoms with Gasteiger partial charge in [0.05, 0.1) is 12.5 Å². The van der Waals surface area contributed by atoms with E-state index in [9.17, 15) is 24.0 Å². The summed E-state index contributed by atoms with van der Waals surface area (Å²) < 4.78 is 12.7. The predicted octanol–water partition coefficient (Wildman–Crippen LogP) is 10.4. The highest BCUT2D eigenvalue weighted by Crippen LogP contribution is 2.51. The average molecular weight is 955 g/mol. The molecule has 0 unspecified atom stereocenters. The molecule has 1 aliphatic rings. The maximum absolute atomic E-state index is 15.0. The number of nitrogens with one attached hydrogen (secondary N) is 2. The molecule has 0 bridgehead atoms. The molecule has 0 fully saturated rings. The zero-order chi connectivity index (χ0) is 49.9. The number of ketones is 1. The summed E-state index contributed by atoms with van der Waals surface area (Å²) in [4.78, 5) is 71.4. The highest BCUT2D eigenvalue weighted by atomic mass is 28.4. The Kier molecular flexibility index (Phi) is 16.5. The summed E-state index contributed by atoms with van der Waals surface area (Å²) in [6.07, 6.45) is -0.0585. The van der Waals surface area contributed by atoms with E-state index in [0.717, 1.165) is 44.1 Å². The molecule has 7 rings (SSSR count). The molecular formula is C60H66N2O7Si. The minimum Gasteiger partial charge on any atom is -0.512 e. The molecule has 10 heteroatoms. The Morgan fingerprint density at radius 1 is 0.529 bits per heavy atom. The molecule has 362 valence electrons. The first-order chi connectivity index (χ1) is 33.5. The van der Waals surface area contributed by atoms with E-state index in [1.54, 1.807) is 0 Å². The highest BCUT2D eigenvalue weighted by Gasteiger charge is 2.60. The summed E-state index contributed by atoms with van der Waals surface area (Å²) in [6, 6.07) is 52.4. The van der Waals surface area contributed by atoms with Crippen molar-refractivity contribution in [3.8, 4) is 11.1 Å². The van der Waals surface area contributed by atoms with Gasteiger partial charge in [-0.05, 0) is 67.0 Å². The molecule has 70 heavy (non-hydrogen) atoms. The fourth-order valence-electron chi connectivity index (χ4n) is 10.4. The fourth-order valence-corrected chi connectivity index (χ4v) is 16.2. The van der Waals surface area contributed by atoms with Crippen molar-refractivity contribution >= 4 is 43.0 Å². The largest absolute Gasteiger partial charge is 0.512 e. The van der Waals surface area contributed by atoms with Crippen LogP contribution in [-0.4, -0.2) is 56.5 Å². The first kappa shape index (κ1) is 51.0. The summed E-state index contributed by atoms with van der Waals surface area (Å²) >= 11 is 0. The first-order valence-electron chi connectivity index (χ1n) is 24.4. The van der Waals surface area contributed by atoms with Crippen molar-refractivity contribution in [3.05, 3.63) is 198 Å². The van der Waals surface area contributed by atoms with Crippen molar-refractivity contribution in [2.75, 3.05) is 6.61 Å². The van der Waals surface area contributed by atoms with Crippen molar-refractivity contribution < 1.29 is 33.1 Å². The smallest absolute Gasteiger partial charge is 0.316 e. The minimum atomic E-state index is -3.23. The maximum atomic E-state index is 15.0. The second-order valence-corrected chi connectivity index (χ2v) is 25.6. The summed E-state index contributed by atoms with van der Waals surface area (Å²) in [5.74, 6) is -3.40. The van der Waals surface area contributed by atoms with Gasteiger partial charge in [0.15, 0.2) is 5.78 Å². The number of fused-ring (bicyclic) bond motifs is 3. The van der Waals surface area contributed by atoms with Crippen LogP contribution in [0.15, 0.2) is 170 Å². The molecule has 0 radical (unpaired) electrons. The van der Waals surface area contributed by atoms with Gasteiger partial charge >= 0.3 is 11.9 Å². The Morgan fingerprint density at radius 2 is 0.971 bits per heavy atom. The number of carbonyl (C=O) groups is 5. The lowest BCUT2D eigenvalue weighted by Gasteiger charge is -2.50. The lowest BCUT2D eigenvalue weighted by Crippen LogP contribution is -2.66. The van der Waals surface area contributed by atoms with Crippen molar-refractivity contribution in [2.24, 2.45) is 5.92 Å². The third-order valence-electron chi connectivity index (χ3n) is 13.5. The van der Waals surface area contributed by atoms with Crippen LogP contribution >= 0.6 is 0 Å². The van der Waals surface area contributed by atoms with Gasteiger partial charge in [-0.2, -0.15) is 0 Å². The Hall–Kier alpha value is -6.91. The third kappa shape index (κ3) is 12.3. The number of hydrogen-bond acceptors (Lipinski definition) is 7. The number of carbonyl (C=O) groups excluding carboxylic acids is 5. The molecule has 0 saturated carbocycles. The maximum Gasteiger partial charge on any atom is 0.316 e. The van der Waals surface area contributed by atoms with Gasteiger partial charge in [0, 0.05) is 31.1 Å². The zero-order valence-electron chi connectivity index (χ0n) is 41.3. The molecule has 2 amide bonds. The van der Waals surface area contributed by atoms with Crippen LogP contribution in [-0.2, 0) is 52.4 Å². The highest BCUT2D eigenvalue weighted by molar-refractivity contribution is 6.92. The second-order valence-electron chi connectivity index (χ2n) is 20.5. The van der Waals surface area contributed by atoms with Crippen molar-refractivity contribution in [1.29, 1.82) is 0 Å². The van der Waals surface area contributed by atoms with Crippen LogP contribution in [0.2, 0.25) is 10.1 Å². The van der Waals surface area contributed by atoms with E-state index in [4.69, 9.17) is 9.16 Å². The minimum absolute atomic E-state index is 0.116. The molecule has 2 N–H and O–H groups in total. The van der Waals surface area contributed by atoms with Crippen LogP contribution in [0.5, 0.6) is 0 Å². The van der Waals surface area contributed by atoms with E-state index >= 15 is 0 Å². The standard InChI is InChI=1S/C60H66N2O7Si/c1-59(2,3)70(60(4,5)6,46-29-17-10-18-30-46)69-58(67)53(39-44-27-15-9-16-28-44)62-57(66)45(37-42-23-11-7-12-24-42)40-54(63)52(38-43-25-13-8-14-26-43)61-55(64)35-36-56(65)68-41-51-49-33-21-19-31-47(49)48-32-20-22-34-50(48)51/h7-34,45,51-53H,35-41H2,1-6H3,(H,61,64)(H,62,66)/t45-,52+,53+/m1/s1.